The normalized spacial score (nSPS) is 12.1. The van der Waals surface area contributed by atoms with Crippen molar-refractivity contribution in [3.63, 3.8) is 0 Å². The van der Waals surface area contributed by atoms with E-state index in [0.29, 0.717) is 29.8 Å². The van der Waals surface area contributed by atoms with E-state index in [1.807, 2.05) is 61.5 Å². The fourth-order valence-corrected chi connectivity index (χ4v) is 3.85. The van der Waals surface area contributed by atoms with Crippen molar-refractivity contribution in [3.8, 4) is 0 Å². The number of rotatable bonds is 16. The SMILES string of the molecule is C=CC(CC(=C)C)C(C)CCCC(C)O.CC.CC.CC.CCC(=O)CSCCN(CC)CC. The molecule has 0 radical (unpaired) electrons. The van der Waals surface area contributed by atoms with Gasteiger partial charge in [0.2, 0.25) is 0 Å². The number of hydrogen-bond acceptors (Lipinski definition) is 4. The van der Waals surface area contributed by atoms with Crippen LogP contribution < -0.4 is 0 Å². The third-order valence-corrected chi connectivity index (χ3v) is 6.00. The number of aliphatic hydroxyl groups excluding tert-OH is 1. The molecule has 0 amide bonds. The van der Waals surface area contributed by atoms with E-state index in [9.17, 15) is 9.90 Å². The third-order valence-electron chi connectivity index (χ3n) is 5.00. The molecule has 0 spiro atoms. The van der Waals surface area contributed by atoms with Gasteiger partial charge >= 0.3 is 0 Å². The maximum Gasteiger partial charge on any atom is 0.142 e. The Morgan fingerprint density at radius 3 is 1.85 bits per heavy atom. The van der Waals surface area contributed by atoms with Crippen molar-refractivity contribution in [2.24, 2.45) is 11.8 Å². The van der Waals surface area contributed by atoms with Crippen LogP contribution in [-0.2, 0) is 4.79 Å². The van der Waals surface area contributed by atoms with Gasteiger partial charge in [0.15, 0.2) is 0 Å². The summed E-state index contributed by atoms with van der Waals surface area (Å²) in [5, 5.41) is 9.17. The van der Waals surface area contributed by atoms with Crippen LogP contribution in [0.15, 0.2) is 24.8 Å². The molecule has 0 aromatic heterocycles. The van der Waals surface area contributed by atoms with E-state index in [0.717, 1.165) is 51.1 Å². The molecule has 1 N–H and O–H groups in total. The van der Waals surface area contributed by atoms with Crippen LogP contribution in [0.5, 0.6) is 0 Å². The Morgan fingerprint density at radius 1 is 1.00 bits per heavy atom. The maximum atomic E-state index is 11.0. The van der Waals surface area contributed by atoms with Crippen molar-refractivity contribution in [1.29, 1.82) is 0 Å². The molecule has 3 nitrogen and oxygen atoms in total. The number of aliphatic hydroxyl groups is 1. The average Bonchev–Trinajstić information content (AvgIpc) is 2.86. The Hall–Kier alpha value is -0.580. The van der Waals surface area contributed by atoms with Crippen LogP contribution in [0.1, 0.15) is 115 Å². The molecule has 0 saturated carbocycles. The molecule has 0 bridgehead atoms. The minimum Gasteiger partial charge on any atom is -0.393 e. The summed E-state index contributed by atoms with van der Waals surface area (Å²) in [5.41, 5.74) is 1.22. The minimum absolute atomic E-state index is 0.166. The lowest BCUT2D eigenvalue weighted by Gasteiger charge is -2.21. The van der Waals surface area contributed by atoms with Crippen molar-refractivity contribution in [2.75, 3.05) is 31.1 Å². The van der Waals surface area contributed by atoms with Gasteiger partial charge in [0.05, 0.1) is 11.9 Å². The van der Waals surface area contributed by atoms with Gasteiger partial charge in [-0.1, -0.05) is 93.7 Å². The maximum absolute atomic E-state index is 11.0. The summed E-state index contributed by atoms with van der Waals surface area (Å²) in [5.74, 6) is 3.31. The first-order valence-electron chi connectivity index (χ1n) is 14.0. The summed E-state index contributed by atoms with van der Waals surface area (Å²) in [4.78, 5) is 13.3. The summed E-state index contributed by atoms with van der Waals surface area (Å²) >= 11 is 1.75. The van der Waals surface area contributed by atoms with Gasteiger partial charge in [-0.25, -0.2) is 0 Å². The highest BCUT2D eigenvalue weighted by atomic mass is 32.2. The molecule has 0 heterocycles. The lowest BCUT2D eigenvalue weighted by Crippen LogP contribution is -2.25. The molecule has 34 heavy (non-hydrogen) atoms. The minimum atomic E-state index is -0.166. The zero-order valence-corrected chi connectivity index (χ0v) is 26.3. The lowest BCUT2D eigenvalue weighted by atomic mass is 9.85. The number of hydrogen-bond donors (Lipinski definition) is 1. The monoisotopic (exact) mass is 503 g/mol. The molecule has 3 unspecified atom stereocenters. The molecular weight excluding hydrogens is 438 g/mol. The first-order valence-corrected chi connectivity index (χ1v) is 15.1. The molecule has 0 aliphatic rings. The van der Waals surface area contributed by atoms with Crippen molar-refractivity contribution in [3.05, 3.63) is 24.8 Å². The number of carbonyl (C=O) groups is 1. The first kappa shape index (κ1) is 43.5. The van der Waals surface area contributed by atoms with Crippen molar-refractivity contribution < 1.29 is 9.90 Å². The third kappa shape index (κ3) is 36.0. The van der Waals surface area contributed by atoms with Gasteiger partial charge in [0, 0.05) is 18.7 Å². The van der Waals surface area contributed by atoms with E-state index in [-0.39, 0.29) is 6.10 Å². The molecule has 4 heteroatoms. The van der Waals surface area contributed by atoms with Crippen LogP contribution >= 0.6 is 11.8 Å². The molecule has 0 aliphatic heterocycles. The van der Waals surface area contributed by atoms with Crippen LogP contribution in [0.4, 0.5) is 0 Å². The lowest BCUT2D eigenvalue weighted by molar-refractivity contribution is -0.116. The van der Waals surface area contributed by atoms with Crippen LogP contribution in [0.25, 0.3) is 0 Å². The van der Waals surface area contributed by atoms with Gasteiger partial charge in [-0.05, 0) is 51.6 Å². The second-order valence-electron chi connectivity index (χ2n) is 7.79. The highest BCUT2D eigenvalue weighted by molar-refractivity contribution is 7.99. The zero-order valence-electron chi connectivity index (χ0n) is 25.5. The number of nitrogens with zero attached hydrogens (tertiary/aromatic N) is 1. The van der Waals surface area contributed by atoms with Crippen molar-refractivity contribution >= 4 is 17.5 Å². The largest absolute Gasteiger partial charge is 0.393 e. The molecule has 0 aromatic rings. The number of Topliss-reactive ketones (excluding diaryl/α,β-unsaturated/α-hetero) is 1. The Kier molecular flexibility index (Phi) is 47.3. The number of carbonyl (C=O) groups excluding carboxylic acids is 1. The molecule has 0 saturated heterocycles. The van der Waals surface area contributed by atoms with E-state index in [2.05, 4.69) is 45.8 Å². The highest BCUT2D eigenvalue weighted by Crippen LogP contribution is 2.25. The molecule has 0 fully saturated rings. The van der Waals surface area contributed by atoms with Crippen LogP contribution in [0, 0.1) is 11.8 Å². The quantitative estimate of drug-likeness (QED) is 0.168. The van der Waals surface area contributed by atoms with Crippen molar-refractivity contribution in [1.82, 2.24) is 4.90 Å². The Labute approximate surface area is 221 Å². The van der Waals surface area contributed by atoms with E-state index < -0.39 is 0 Å². The van der Waals surface area contributed by atoms with Gasteiger partial charge in [-0.2, -0.15) is 11.8 Å². The second kappa shape index (κ2) is 37.0. The fraction of sp³-hybridized carbons (Fsp3) is 0.833. The second-order valence-corrected chi connectivity index (χ2v) is 8.89. The summed E-state index contributed by atoms with van der Waals surface area (Å²) in [7, 11) is 0. The summed E-state index contributed by atoms with van der Waals surface area (Å²) in [6.45, 7) is 35.6. The number of thioether (sulfide) groups is 1. The summed E-state index contributed by atoms with van der Waals surface area (Å²) < 4.78 is 0. The van der Waals surface area contributed by atoms with E-state index in [1.165, 1.54) is 5.57 Å². The molecule has 0 aliphatic carbocycles. The number of allylic oxidation sites excluding steroid dienone is 2. The molecule has 0 aromatic carbocycles. The van der Waals surface area contributed by atoms with E-state index >= 15 is 0 Å². The number of ketones is 1. The smallest absolute Gasteiger partial charge is 0.142 e. The molecular formula is C30H65NO2S. The van der Waals surface area contributed by atoms with Gasteiger partial charge in [0.25, 0.3) is 0 Å². The predicted molar refractivity (Wildman–Crippen MR) is 162 cm³/mol. The zero-order chi connectivity index (χ0) is 27.9. The van der Waals surface area contributed by atoms with Crippen molar-refractivity contribution in [2.45, 2.75) is 121 Å². The van der Waals surface area contributed by atoms with Crippen LogP contribution in [-0.4, -0.2) is 53.0 Å². The van der Waals surface area contributed by atoms with Crippen LogP contribution in [0.3, 0.4) is 0 Å². The van der Waals surface area contributed by atoms with Crippen LogP contribution in [0.2, 0.25) is 0 Å². The summed E-state index contributed by atoms with van der Waals surface area (Å²) in [6.07, 6.45) is 6.76. The van der Waals surface area contributed by atoms with Gasteiger partial charge < -0.3 is 10.0 Å². The topological polar surface area (TPSA) is 40.5 Å². The Morgan fingerprint density at radius 2 is 1.50 bits per heavy atom. The molecule has 0 rings (SSSR count). The standard InChI is InChI=1S/C14H26O.C10H21NOS.3C2H6/c1-6-14(10-11(2)3)12(4)8-7-9-13(5)15;1-4-10(12)9-13-8-7-11(5-2)6-3;3*1-2/h6,12-15H,1-2,7-10H2,3-5H3;4-9H2,1-3H3;3*1-2H3. The predicted octanol–water partition coefficient (Wildman–Crippen LogP) is 9.06. The van der Waals surface area contributed by atoms with Gasteiger partial charge in [-0.3, -0.25) is 4.79 Å². The highest BCUT2D eigenvalue weighted by Gasteiger charge is 2.13. The van der Waals surface area contributed by atoms with E-state index in [4.69, 9.17) is 0 Å². The van der Waals surface area contributed by atoms with Gasteiger partial charge in [-0.15, -0.1) is 13.2 Å². The van der Waals surface area contributed by atoms with E-state index in [1.54, 1.807) is 11.8 Å². The average molecular weight is 504 g/mol. The summed E-state index contributed by atoms with van der Waals surface area (Å²) in [6, 6.07) is 0. The Bertz CT molecular complexity index is 407. The Balaban J connectivity index is -0.000000136. The fourth-order valence-electron chi connectivity index (χ4n) is 2.89. The molecule has 208 valence electrons. The first-order chi connectivity index (χ1) is 16.2. The molecule has 3 atom stereocenters. The van der Waals surface area contributed by atoms with Gasteiger partial charge in [0.1, 0.15) is 5.78 Å².